The van der Waals surface area contributed by atoms with Gasteiger partial charge in [0.1, 0.15) is 18.2 Å². The molecule has 0 spiro atoms. The van der Waals surface area contributed by atoms with Gasteiger partial charge in [-0.2, -0.15) is 0 Å². The average Bonchev–Trinajstić information content (AvgIpc) is 3.23. The molecule has 2 fully saturated rings. The summed E-state index contributed by atoms with van der Waals surface area (Å²) < 4.78 is 84.8. The fraction of sp³-hybridized carbons (Fsp3) is 0.545. The molecule has 14 heteroatoms. The van der Waals surface area contributed by atoms with E-state index in [0.717, 1.165) is 0 Å². The summed E-state index contributed by atoms with van der Waals surface area (Å²) in [5.41, 5.74) is 0.881. The summed E-state index contributed by atoms with van der Waals surface area (Å²) in [5, 5.41) is 10.1. The fourth-order valence-corrected chi connectivity index (χ4v) is 6.72. The Bertz CT molecular complexity index is 1370. The van der Waals surface area contributed by atoms with Crippen molar-refractivity contribution >= 4 is 32.6 Å². The monoisotopic (exact) mass is 546 g/mol. The third kappa shape index (κ3) is 4.59. The first-order valence-corrected chi connectivity index (χ1v) is 13.8. The topological polar surface area (TPSA) is 91.6 Å². The van der Waals surface area contributed by atoms with Crippen LogP contribution in [0.1, 0.15) is 38.1 Å². The van der Waals surface area contributed by atoms with Crippen molar-refractivity contribution in [1.82, 2.24) is 24.6 Å². The van der Waals surface area contributed by atoms with Gasteiger partial charge in [0.05, 0.1) is 29.0 Å². The van der Waals surface area contributed by atoms with Crippen molar-refractivity contribution in [2.75, 3.05) is 24.8 Å². The van der Waals surface area contributed by atoms with Crippen LogP contribution in [0.15, 0.2) is 29.3 Å². The number of alkyl halides is 4. The van der Waals surface area contributed by atoms with Crippen LogP contribution in [-0.4, -0.2) is 66.6 Å². The van der Waals surface area contributed by atoms with Gasteiger partial charge in [-0.25, -0.2) is 30.7 Å². The SMILES string of the molecule is C[C@H]1[C@H](CF)N[C@@H](CF)CN1c1cc(S(=O)(=O)NC2(C)CC2)cn2c(-c3nnc(C(F)F)s3)ccc12. The van der Waals surface area contributed by atoms with E-state index in [9.17, 15) is 26.0 Å². The van der Waals surface area contributed by atoms with Crippen molar-refractivity contribution in [3.63, 3.8) is 0 Å². The van der Waals surface area contributed by atoms with Crippen LogP contribution < -0.4 is 14.9 Å². The third-order valence-corrected chi connectivity index (χ3v) is 9.41. The summed E-state index contributed by atoms with van der Waals surface area (Å²) in [6.45, 7) is 2.34. The molecule has 1 aliphatic heterocycles. The molecule has 4 heterocycles. The molecular formula is C22H26F4N6O2S2. The minimum absolute atomic E-state index is 0.0477. The summed E-state index contributed by atoms with van der Waals surface area (Å²) in [6.07, 6.45) is 0.0532. The van der Waals surface area contributed by atoms with E-state index in [0.29, 0.717) is 41.1 Å². The maximum Gasteiger partial charge on any atom is 0.291 e. The highest BCUT2D eigenvalue weighted by molar-refractivity contribution is 7.89. The lowest BCUT2D eigenvalue weighted by Gasteiger charge is -2.44. The van der Waals surface area contributed by atoms with Crippen LogP contribution >= 0.6 is 11.3 Å². The Morgan fingerprint density at radius 1 is 1.25 bits per heavy atom. The van der Waals surface area contributed by atoms with E-state index in [1.54, 1.807) is 28.4 Å². The van der Waals surface area contributed by atoms with Crippen LogP contribution in [0.3, 0.4) is 0 Å². The second kappa shape index (κ2) is 9.23. The molecule has 3 aromatic heterocycles. The van der Waals surface area contributed by atoms with E-state index in [4.69, 9.17) is 0 Å². The molecule has 3 atom stereocenters. The zero-order valence-corrected chi connectivity index (χ0v) is 21.2. The Hall–Kier alpha value is -2.29. The molecule has 2 aliphatic rings. The molecule has 2 N–H and O–H groups in total. The number of anilines is 1. The van der Waals surface area contributed by atoms with Crippen molar-refractivity contribution in [3.8, 4) is 10.7 Å². The lowest BCUT2D eigenvalue weighted by molar-refractivity contribution is 0.150. The smallest absolute Gasteiger partial charge is 0.291 e. The van der Waals surface area contributed by atoms with Crippen LogP contribution in [0.2, 0.25) is 0 Å². The molecule has 0 aromatic carbocycles. The highest BCUT2D eigenvalue weighted by atomic mass is 32.2. The summed E-state index contributed by atoms with van der Waals surface area (Å²) in [6, 6.07) is 3.14. The first-order chi connectivity index (χ1) is 17.0. The first kappa shape index (κ1) is 25.4. The number of nitrogens with one attached hydrogen (secondary N) is 2. The van der Waals surface area contributed by atoms with Crippen molar-refractivity contribution in [3.05, 3.63) is 29.4 Å². The molecular weight excluding hydrogens is 520 g/mol. The van der Waals surface area contributed by atoms with E-state index in [1.165, 1.54) is 12.3 Å². The van der Waals surface area contributed by atoms with E-state index in [-0.39, 0.29) is 16.4 Å². The summed E-state index contributed by atoms with van der Waals surface area (Å²) in [5.74, 6) is 0. The molecule has 1 saturated carbocycles. The van der Waals surface area contributed by atoms with E-state index >= 15 is 0 Å². The third-order valence-electron chi connectivity index (χ3n) is 6.86. The number of hydrogen-bond donors (Lipinski definition) is 2. The first-order valence-electron chi connectivity index (χ1n) is 11.5. The van der Waals surface area contributed by atoms with E-state index < -0.39 is 58.5 Å². The lowest BCUT2D eigenvalue weighted by atomic mass is 10.0. The Morgan fingerprint density at radius 2 is 2.00 bits per heavy atom. The van der Waals surface area contributed by atoms with Crippen molar-refractivity contribution < 1.29 is 26.0 Å². The molecule has 8 nitrogen and oxygen atoms in total. The quantitative estimate of drug-likeness (QED) is 0.419. The average molecular weight is 547 g/mol. The van der Waals surface area contributed by atoms with E-state index in [2.05, 4.69) is 20.2 Å². The number of aromatic nitrogens is 3. The second-order valence-electron chi connectivity index (χ2n) is 9.62. The molecule has 0 radical (unpaired) electrons. The number of sulfonamides is 1. The van der Waals surface area contributed by atoms with Gasteiger partial charge in [0.2, 0.25) is 10.0 Å². The molecule has 1 aliphatic carbocycles. The van der Waals surface area contributed by atoms with Gasteiger partial charge in [-0.1, -0.05) is 11.3 Å². The molecule has 36 heavy (non-hydrogen) atoms. The lowest BCUT2D eigenvalue weighted by Crippen LogP contribution is -2.63. The van der Waals surface area contributed by atoms with Gasteiger partial charge in [0.15, 0.2) is 10.0 Å². The zero-order chi connectivity index (χ0) is 25.8. The number of halogens is 4. The number of piperazine rings is 1. The molecule has 0 amide bonds. The zero-order valence-electron chi connectivity index (χ0n) is 19.6. The highest BCUT2D eigenvalue weighted by Crippen LogP contribution is 2.38. The van der Waals surface area contributed by atoms with Crippen molar-refractivity contribution in [2.45, 2.75) is 61.7 Å². The number of pyridine rings is 1. The fourth-order valence-electron chi connectivity index (χ4n) is 4.52. The van der Waals surface area contributed by atoms with Crippen LogP contribution in [0.5, 0.6) is 0 Å². The highest BCUT2D eigenvalue weighted by Gasteiger charge is 2.42. The van der Waals surface area contributed by atoms with Gasteiger partial charge in [-0.15, -0.1) is 10.2 Å². The van der Waals surface area contributed by atoms with Crippen molar-refractivity contribution in [2.24, 2.45) is 0 Å². The Morgan fingerprint density at radius 3 is 2.61 bits per heavy atom. The largest absolute Gasteiger partial charge is 0.364 e. The van der Waals surface area contributed by atoms with Crippen molar-refractivity contribution in [1.29, 1.82) is 0 Å². The maximum absolute atomic E-state index is 13.8. The summed E-state index contributed by atoms with van der Waals surface area (Å²) >= 11 is 0.716. The second-order valence-corrected chi connectivity index (χ2v) is 12.3. The molecule has 196 valence electrons. The van der Waals surface area contributed by atoms with Gasteiger partial charge in [-0.05, 0) is 44.9 Å². The number of rotatable bonds is 8. The minimum Gasteiger partial charge on any atom is -0.364 e. The molecule has 5 rings (SSSR count). The van der Waals surface area contributed by atoms with Gasteiger partial charge in [-0.3, -0.25) is 0 Å². The summed E-state index contributed by atoms with van der Waals surface area (Å²) in [7, 11) is -3.96. The predicted octanol–water partition coefficient (Wildman–Crippen LogP) is 3.70. The van der Waals surface area contributed by atoms with Crippen LogP contribution in [0, 0.1) is 0 Å². The Kier molecular flexibility index (Phi) is 6.50. The standard InChI is InChI=1S/C22H26F4N6O2S2/c1-12-15(9-24)27-13(8-23)10-31(12)18-7-14(36(33,34)30-22(2)5-6-22)11-32-16(18)3-4-17(32)20-28-29-21(35-20)19(25)26/h3-4,7,11-13,15,19,27,30H,5-6,8-10H2,1-2H3/t12-,13-,15-/m0/s1. The van der Waals surface area contributed by atoms with Gasteiger partial charge in [0.25, 0.3) is 6.43 Å². The van der Waals surface area contributed by atoms with Crippen LogP contribution in [-0.2, 0) is 10.0 Å². The van der Waals surface area contributed by atoms with Gasteiger partial charge in [0, 0.05) is 24.3 Å². The number of hydrogen-bond acceptors (Lipinski definition) is 7. The van der Waals surface area contributed by atoms with Gasteiger partial charge < -0.3 is 14.6 Å². The van der Waals surface area contributed by atoms with Gasteiger partial charge >= 0.3 is 0 Å². The maximum atomic E-state index is 13.8. The Labute approximate surface area is 209 Å². The van der Waals surface area contributed by atoms with E-state index in [1.807, 2.05) is 6.92 Å². The molecule has 0 unspecified atom stereocenters. The predicted molar refractivity (Wildman–Crippen MR) is 129 cm³/mol. The van der Waals surface area contributed by atoms with Crippen LogP contribution in [0.4, 0.5) is 23.2 Å². The molecule has 0 bridgehead atoms. The normalized spacial score (nSPS) is 24.1. The number of fused-ring (bicyclic) bond motifs is 1. The Balaban J connectivity index is 1.68. The molecule has 1 saturated heterocycles. The van der Waals surface area contributed by atoms with Crippen LogP contribution in [0.25, 0.3) is 16.2 Å². The summed E-state index contributed by atoms with van der Waals surface area (Å²) in [4.78, 5) is 1.75. The number of nitrogens with zero attached hydrogens (tertiary/aromatic N) is 4. The minimum atomic E-state index is -3.96. The molecule has 3 aromatic rings.